The summed E-state index contributed by atoms with van der Waals surface area (Å²) in [6.45, 7) is 3.93. The van der Waals surface area contributed by atoms with Gasteiger partial charge in [-0.2, -0.15) is 0 Å². The molecule has 0 saturated carbocycles. The summed E-state index contributed by atoms with van der Waals surface area (Å²) < 4.78 is 5.26. The summed E-state index contributed by atoms with van der Waals surface area (Å²) in [5.74, 6) is 1.65. The van der Waals surface area contributed by atoms with Gasteiger partial charge >= 0.3 is 0 Å². The van der Waals surface area contributed by atoms with Crippen molar-refractivity contribution in [2.45, 2.75) is 32.7 Å². The van der Waals surface area contributed by atoms with Crippen LogP contribution in [0.3, 0.4) is 0 Å². The lowest BCUT2D eigenvalue weighted by Crippen LogP contribution is -2.20. The van der Waals surface area contributed by atoms with Crippen LogP contribution < -0.4 is 4.74 Å². The number of aryl methyl sites for hydroxylation is 1. The number of pyridine rings is 1. The van der Waals surface area contributed by atoms with Gasteiger partial charge in [-0.25, -0.2) is 0 Å². The third-order valence-corrected chi connectivity index (χ3v) is 3.09. The van der Waals surface area contributed by atoms with Crippen LogP contribution in [0.15, 0.2) is 12.1 Å². The maximum atomic E-state index is 5.66. The van der Waals surface area contributed by atoms with Crippen LogP contribution in [-0.2, 0) is 6.54 Å². The number of hydrogen-bond donors (Lipinski definition) is 0. The van der Waals surface area contributed by atoms with Crippen molar-refractivity contribution in [2.75, 3.05) is 26.6 Å². The van der Waals surface area contributed by atoms with E-state index in [0.717, 1.165) is 42.5 Å². The number of unbranched alkanes of at least 4 members (excludes halogenated alkanes) is 2. The van der Waals surface area contributed by atoms with Crippen molar-refractivity contribution >= 4 is 11.6 Å². The molecule has 0 N–H and O–H groups in total. The summed E-state index contributed by atoms with van der Waals surface area (Å²) >= 11 is 5.66. The van der Waals surface area contributed by atoms with Gasteiger partial charge in [0.25, 0.3) is 0 Å². The Bertz CT molecular complexity index is 358. The van der Waals surface area contributed by atoms with Gasteiger partial charge in [0, 0.05) is 30.3 Å². The molecule has 1 aromatic heterocycles. The smallest absolute Gasteiger partial charge is 0.122 e. The standard InChI is InChI=1S/C14H23ClN2O/c1-12-9-14(18-3)10-13(16-12)11-17(2)8-6-4-5-7-15/h9-10H,4-8,11H2,1-3H3. The minimum Gasteiger partial charge on any atom is -0.497 e. The van der Waals surface area contributed by atoms with Crippen LogP contribution in [0.1, 0.15) is 30.7 Å². The van der Waals surface area contributed by atoms with E-state index in [1.54, 1.807) is 7.11 Å². The number of nitrogens with zero attached hydrogens (tertiary/aromatic N) is 2. The zero-order chi connectivity index (χ0) is 13.4. The number of hydrogen-bond acceptors (Lipinski definition) is 3. The molecule has 1 heterocycles. The van der Waals surface area contributed by atoms with Gasteiger partial charge in [-0.1, -0.05) is 6.42 Å². The van der Waals surface area contributed by atoms with E-state index in [9.17, 15) is 0 Å². The zero-order valence-corrected chi connectivity index (χ0v) is 12.3. The van der Waals surface area contributed by atoms with E-state index in [1.807, 2.05) is 19.1 Å². The summed E-state index contributed by atoms with van der Waals surface area (Å²) in [6.07, 6.45) is 3.48. The molecule has 3 nitrogen and oxygen atoms in total. The Morgan fingerprint density at radius 1 is 1.28 bits per heavy atom. The predicted octanol–water partition coefficient (Wildman–Crippen LogP) is 3.24. The van der Waals surface area contributed by atoms with Gasteiger partial charge in [-0.15, -0.1) is 11.6 Å². The van der Waals surface area contributed by atoms with E-state index in [4.69, 9.17) is 16.3 Å². The lowest BCUT2D eigenvalue weighted by molar-refractivity contribution is 0.313. The highest BCUT2D eigenvalue weighted by Crippen LogP contribution is 2.14. The minimum atomic E-state index is 0.764. The van der Waals surface area contributed by atoms with Crippen molar-refractivity contribution in [3.8, 4) is 5.75 Å². The van der Waals surface area contributed by atoms with Crippen molar-refractivity contribution in [2.24, 2.45) is 0 Å². The highest BCUT2D eigenvalue weighted by Gasteiger charge is 2.04. The van der Waals surface area contributed by atoms with E-state index in [1.165, 1.54) is 12.8 Å². The Labute approximate surface area is 115 Å². The predicted molar refractivity (Wildman–Crippen MR) is 76.4 cm³/mol. The SMILES string of the molecule is COc1cc(C)nc(CN(C)CCCCCCl)c1. The topological polar surface area (TPSA) is 25.4 Å². The molecule has 0 bridgehead atoms. The molecule has 4 heteroatoms. The van der Waals surface area contributed by atoms with E-state index in [-0.39, 0.29) is 0 Å². The van der Waals surface area contributed by atoms with E-state index < -0.39 is 0 Å². The average Bonchev–Trinajstić information content (AvgIpc) is 2.34. The molecule has 0 aliphatic heterocycles. The molecular formula is C14H23ClN2O. The maximum Gasteiger partial charge on any atom is 0.122 e. The van der Waals surface area contributed by atoms with Crippen LogP contribution in [0, 0.1) is 6.92 Å². The minimum absolute atomic E-state index is 0.764. The molecule has 1 aromatic rings. The summed E-state index contributed by atoms with van der Waals surface area (Å²) in [6, 6.07) is 3.95. The fraction of sp³-hybridized carbons (Fsp3) is 0.643. The zero-order valence-electron chi connectivity index (χ0n) is 11.6. The second-order valence-electron chi connectivity index (χ2n) is 4.63. The fourth-order valence-corrected chi connectivity index (χ4v) is 2.10. The summed E-state index contributed by atoms with van der Waals surface area (Å²) in [7, 11) is 3.81. The fourth-order valence-electron chi connectivity index (χ4n) is 1.91. The van der Waals surface area contributed by atoms with E-state index in [0.29, 0.717) is 0 Å². The van der Waals surface area contributed by atoms with Crippen molar-refractivity contribution in [3.05, 3.63) is 23.5 Å². The Hall–Kier alpha value is -0.800. The van der Waals surface area contributed by atoms with E-state index >= 15 is 0 Å². The van der Waals surface area contributed by atoms with Crippen LogP contribution in [0.5, 0.6) is 5.75 Å². The number of alkyl halides is 1. The second-order valence-corrected chi connectivity index (χ2v) is 5.01. The van der Waals surface area contributed by atoms with Crippen LogP contribution in [0.2, 0.25) is 0 Å². The van der Waals surface area contributed by atoms with Crippen molar-refractivity contribution < 1.29 is 4.74 Å². The summed E-state index contributed by atoms with van der Waals surface area (Å²) in [5, 5.41) is 0. The largest absolute Gasteiger partial charge is 0.497 e. The first-order valence-corrected chi connectivity index (χ1v) is 6.95. The molecule has 0 aliphatic rings. The molecule has 0 aliphatic carbocycles. The Kier molecular flexibility index (Phi) is 7.06. The third kappa shape index (κ3) is 5.69. The average molecular weight is 271 g/mol. The number of halogens is 1. The maximum absolute atomic E-state index is 5.66. The Morgan fingerprint density at radius 3 is 2.72 bits per heavy atom. The van der Waals surface area contributed by atoms with Gasteiger partial charge < -0.3 is 9.64 Å². The molecule has 0 spiro atoms. The lowest BCUT2D eigenvalue weighted by Gasteiger charge is -2.16. The van der Waals surface area contributed by atoms with Crippen LogP contribution in [0.4, 0.5) is 0 Å². The molecule has 0 saturated heterocycles. The first-order chi connectivity index (χ1) is 8.65. The molecular weight excluding hydrogens is 248 g/mol. The first kappa shape index (κ1) is 15.3. The second kappa shape index (κ2) is 8.33. The molecule has 0 fully saturated rings. The quantitative estimate of drug-likeness (QED) is 0.536. The molecule has 0 unspecified atom stereocenters. The van der Waals surface area contributed by atoms with Crippen molar-refractivity contribution in [1.29, 1.82) is 0 Å². The van der Waals surface area contributed by atoms with Gasteiger partial charge in [0.1, 0.15) is 5.75 Å². The first-order valence-electron chi connectivity index (χ1n) is 6.41. The highest BCUT2D eigenvalue weighted by atomic mass is 35.5. The molecule has 102 valence electrons. The number of ether oxygens (including phenoxy) is 1. The van der Waals surface area contributed by atoms with Crippen LogP contribution in [0.25, 0.3) is 0 Å². The van der Waals surface area contributed by atoms with Gasteiger partial charge in [0.15, 0.2) is 0 Å². The van der Waals surface area contributed by atoms with Gasteiger partial charge in [-0.05, 0) is 33.4 Å². The Morgan fingerprint density at radius 2 is 2.06 bits per heavy atom. The number of methoxy groups -OCH3 is 1. The molecule has 1 rings (SSSR count). The molecule has 0 radical (unpaired) electrons. The summed E-state index contributed by atoms with van der Waals surface area (Å²) in [5.41, 5.74) is 2.06. The van der Waals surface area contributed by atoms with Crippen molar-refractivity contribution in [3.63, 3.8) is 0 Å². The van der Waals surface area contributed by atoms with Crippen molar-refractivity contribution in [1.82, 2.24) is 9.88 Å². The lowest BCUT2D eigenvalue weighted by atomic mass is 10.2. The molecule has 0 aromatic carbocycles. The van der Waals surface area contributed by atoms with Crippen LogP contribution >= 0.6 is 11.6 Å². The molecule has 0 atom stereocenters. The molecule has 18 heavy (non-hydrogen) atoms. The summed E-state index contributed by atoms with van der Waals surface area (Å²) in [4.78, 5) is 6.81. The monoisotopic (exact) mass is 270 g/mol. The highest BCUT2D eigenvalue weighted by molar-refractivity contribution is 6.17. The number of rotatable bonds is 8. The van der Waals surface area contributed by atoms with Gasteiger partial charge in [0.05, 0.1) is 12.8 Å². The Balaban J connectivity index is 2.43. The normalized spacial score (nSPS) is 10.9. The van der Waals surface area contributed by atoms with E-state index in [2.05, 4.69) is 16.9 Å². The third-order valence-electron chi connectivity index (χ3n) is 2.82. The van der Waals surface area contributed by atoms with Gasteiger partial charge in [-0.3, -0.25) is 4.98 Å². The number of aromatic nitrogens is 1. The van der Waals surface area contributed by atoms with Crippen LogP contribution in [-0.4, -0.2) is 36.5 Å². The molecule has 0 amide bonds. The van der Waals surface area contributed by atoms with Gasteiger partial charge in [0.2, 0.25) is 0 Å².